The van der Waals surface area contributed by atoms with Gasteiger partial charge in [-0.2, -0.15) is 5.10 Å². The summed E-state index contributed by atoms with van der Waals surface area (Å²) in [6, 6.07) is 6.84. The van der Waals surface area contributed by atoms with Crippen molar-refractivity contribution in [2.24, 2.45) is 5.92 Å². The van der Waals surface area contributed by atoms with E-state index in [4.69, 9.17) is 0 Å². The van der Waals surface area contributed by atoms with Crippen molar-refractivity contribution >= 4 is 23.4 Å². The van der Waals surface area contributed by atoms with Crippen molar-refractivity contribution in [2.75, 3.05) is 10.6 Å². The smallest absolute Gasteiger partial charge is 0.322 e. The number of amides is 3. The van der Waals surface area contributed by atoms with Crippen LogP contribution in [0.5, 0.6) is 0 Å². The Morgan fingerprint density at radius 1 is 1.26 bits per heavy atom. The van der Waals surface area contributed by atoms with Gasteiger partial charge in [-0.05, 0) is 44.0 Å². The molecule has 3 amide bonds. The molecule has 1 aliphatic carbocycles. The molecule has 1 saturated carbocycles. The van der Waals surface area contributed by atoms with Gasteiger partial charge in [-0.25, -0.2) is 13.9 Å². The highest BCUT2D eigenvalue weighted by molar-refractivity contribution is 5.99. The number of nitrogens with zero attached hydrogens (tertiary/aromatic N) is 2. The number of benzene rings is 1. The van der Waals surface area contributed by atoms with Gasteiger partial charge in [0.15, 0.2) is 6.29 Å². The molecule has 2 fully saturated rings. The summed E-state index contributed by atoms with van der Waals surface area (Å²) < 4.78 is 14.5. The third-order valence-corrected chi connectivity index (χ3v) is 4.95. The van der Waals surface area contributed by atoms with Crippen LogP contribution in [0.15, 0.2) is 30.3 Å². The van der Waals surface area contributed by atoms with Crippen LogP contribution in [-0.4, -0.2) is 27.8 Å². The van der Waals surface area contributed by atoms with E-state index in [9.17, 15) is 14.0 Å². The minimum absolute atomic E-state index is 0.00362. The van der Waals surface area contributed by atoms with Gasteiger partial charge in [-0.1, -0.05) is 6.42 Å². The Balaban J connectivity index is 1.48. The zero-order chi connectivity index (χ0) is 19.0. The predicted octanol–water partition coefficient (Wildman–Crippen LogP) is 2.32. The highest BCUT2D eigenvalue weighted by Crippen LogP contribution is 2.30. The minimum atomic E-state index is -0.522. The minimum Gasteiger partial charge on any atom is -0.322 e. The molecule has 27 heavy (non-hydrogen) atoms. The molecule has 0 radical (unpaired) electrons. The zero-order valence-electron chi connectivity index (χ0n) is 14.8. The van der Waals surface area contributed by atoms with Crippen LogP contribution < -0.4 is 21.3 Å². The van der Waals surface area contributed by atoms with Crippen molar-refractivity contribution in [3.05, 3.63) is 41.8 Å². The largest absolute Gasteiger partial charge is 0.324 e. The number of anilines is 2. The van der Waals surface area contributed by atoms with Crippen molar-refractivity contribution in [3.8, 4) is 0 Å². The van der Waals surface area contributed by atoms with Gasteiger partial charge < -0.3 is 10.6 Å². The van der Waals surface area contributed by atoms with Crippen LogP contribution in [0.2, 0.25) is 0 Å². The van der Waals surface area contributed by atoms with Crippen molar-refractivity contribution in [2.45, 2.75) is 38.5 Å². The molecule has 3 unspecified atom stereocenters. The fourth-order valence-electron chi connectivity index (χ4n) is 3.71. The van der Waals surface area contributed by atoms with Gasteiger partial charge in [0.2, 0.25) is 5.91 Å². The lowest BCUT2D eigenvalue weighted by atomic mass is 10.0. The number of carbonyl (C=O) groups is 2. The fourth-order valence-corrected chi connectivity index (χ4v) is 3.71. The quantitative estimate of drug-likeness (QED) is 0.664. The summed E-state index contributed by atoms with van der Waals surface area (Å²) in [5, 5.41) is 16.1. The van der Waals surface area contributed by atoms with E-state index in [0.29, 0.717) is 17.2 Å². The molecule has 1 aliphatic heterocycles. The molecular formula is C18H21FN6O2. The van der Waals surface area contributed by atoms with E-state index in [0.717, 1.165) is 19.3 Å². The molecule has 0 bridgehead atoms. The molecule has 9 heteroatoms. The van der Waals surface area contributed by atoms with Crippen molar-refractivity contribution < 1.29 is 14.0 Å². The first-order chi connectivity index (χ1) is 13.0. The number of fused-ring (bicyclic) bond motifs is 1. The lowest BCUT2D eigenvalue weighted by Crippen LogP contribution is -2.57. The third-order valence-electron chi connectivity index (χ3n) is 4.95. The summed E-state index contributed by atoms with van der Waals surface area (Å²) in [5.74, 6) is 0.0764. The second-order valence-electron chi connectivity index (χ2n) is 6.92. The highest BCUT2D eigenvalue weighted by Gasteiger charge is 2.40. The molecular weight excluding hydrogens is 351 g/mol. The van der Waals surface area contributed by atoms with Crippen LogP contribution in [0.1, 0.15) is 31.2 Å². The molecule has 1 aromatic carbocycles. The van der Waals surface area contributed by atoms with Crippen molar-refractivity contribution in [1.29, 1.82) is 0 Å². The molecule has 2 aromatic rings. The van der Waals surface area contributed by atoms with Crippen LogP contribution in [0.25, 0.3) is 0 Å². The lowest BCUT2D eigenvalue weighted by Gasteiger charge is -2.34. The first kappa shape index (κ1) is 17.5. The maximum Gasteiger partial charge on any atom is 0.324 e. The second kappa shape index (κ2) is 6.99. The zero-order valence-corrected chi connectivity index (χ0v) is 14.8. The standard InChI is InChI=1S/C18H21FN6O2/c1-10-9-15(22-18(27)20-12-7-5-11(19)6-8-12)25(24-10)17-21-14-4-2-3-13(14)16(26)23-17/h5-9,13-14,17,21H,2-4H2,1H3,(H,23,26)(H2,20,22,27). The molecule has 1 aromatic heterocycles. The Morgan fingerprint density at radius 2 is 2.04 bits per heavy atom. The summed E-state index contributed by atoms with van der Waals surface area (Å²) in [7, 11) is 0. The number of halogens is 1. The third kappa shape index (κ3) is 3.63. The molecule has 2 heterocycles. The van der Waals surface area contributed by atoms with Crippen LogP contribution in [-0.2, 0) is 4.79 Å². The maximum atomic E-state index is 13.0. The van der Waals surface area contributed by atoms with E-state index in [1.807, 2.05) is 6.92 Å². The van der Waals surface area contributed by atoms with Gasteiger partial charge in [0.05, 0.1) is 11.6 Å². The number of aromatic nitrogens is 2. The normalized spacial score (nSPS) is 24.2. The van der Waals surface area contributed by atoms with Gasteiger partial charge in [0.25, 0.3) is 0 Å². The van der Waals surface area contributed by atoms with Crippen LogP contribution >= 0.6 is 0 Å². The molecule has 0 spiro atoms. The number of carbonyl (C=O) groups excluding carboxylic acids is 2. The number of nitrogens with one attached hydrogen (secondary N) is 4. The average molecular weight is 372 g/mol. The van der Waals surface area contributed by atoms with E-state index in [1.165, 1.54) is 24.3 Å². The molecule has 8 nitrogen and oxygen atoms in total. The van der Waals surface area contributed by atoms with Crippen molar-refractivity contribution in [1.82, 2.24) is 20.4 Å². The van der Waals surface area contributed by atoms with E-state index in [1.54, 1.807) is 10.7 Å². The second-order valence-corrected chi connectivity index (χ2v) is 6.92. The number of aryl methyl sites for hydroxylation is 1. The van der Waals surface area contributed by atoms with Gasteiger partial charge in [0.1, 0.15) is 11.6 Å². The number of rotatable bonds is 3. The van der Waals surface area contributed by atoms with E-state index in [2.05, 4.69) is 26.4 Å². The first-order valence-corrected chi connectivity index (χ1v) is 8.96. The van der Waals surface area contributed by atoms with Gasteiger partial charge in [-0.15, -0.1) is 0 Å². The van der Waals surface area contributed by atoms with E-state index < -0.39 is 12.3 Å². The van der Waals surface area contributed by atoms with Gasteiger partial charge >= 0.3 is 6.03 Å². The topological polar surface area (TPSA) is 100 Å². The predicted molar refractivity (Wildman–Crippen MR) is 97.4 cm³/mol. The molecule has 142 valence electrons. The summed E-state index contributed by atoms with van der Waals surface area (Å²) >= 11 is 0. The maximum absolute atomic E-state index is 13.0. The molecule has 2 aliphatic rings. The average Bonchev–Trinajstić information content (AvgIpc) is 3.23. The molecule has 3 atom stereocenters. The summed E-state index contributed by atoms with van der Waals surface area (Å²) in [6.45, 7) is 1.81. The van der Waals surface area contributed by atoms with E-state index >= 15 is 0 Å². The highest BCUT2D eigenvalue weighted by atomic mass is 19.1. The summed E-state index contributed by atoms with van der Waals surface area (Å²) in [4.78, 5) is 24.6. The van der Waals surface area contributed by atoms with E-state index in [-0.39, 0.29) is 23.7 Å². The van der Waals surface area contributed by atoms with Crippen LogP contribution in [0.3, 0.4) is 0 Å². The first-order valence-electron chi connectivity index (χ1n) is 8.96. The number of hydrogen-bond donors (Lipinski definition) is 4. The molecule has 1 saturated heterocycles. The Morgan fingerprint density at radius 3 is 2.81 bits per heavy atom. The fraction of sp³-hybridized carbons (Fsp3) is 0.389. The van der Waals surface area contributed by atoms with Crippen LogP contribution in [0.4, 0.5) is 20.7 Å². The lowest BCUT2D eigenvalue weighted by molar-refractivity contribution is -0.130. The molecule has 4 N–H and O–H groups in total. The van der Waals surface area contributed by atoms with Crippen molar-refractivity contribution in [3.63, 3.8) is 0 Å². The number of hydrogen-bond acceptors (Lipinski definition) is 4. The number of urea groups is 1. The van der Waals surface area contributed by atoms with Gasteiger partial charge in [-0.3, -0.25) is 15.4 Å². The van der Waals surface area contributed by atoms with Crippen LogP contribution in [0, 0.1) is 18.7 Å². The summed E-state index contributed by atoms with van der Waals surface area (Å²) in [6.07, 6.45) is 2.33. The Labute approximate surface area is 155 Å². The SMILES string of the molecule is Cc1cc(NC(=O)Nc2ccc(F)cc2)n(C2NC(=O)C3CCCC3N2)n1. The molecule has 4 rings (SSSR count). The monoisotopic (exact) mass is 372 g/mol. The van der Waals surface area contributed by atoms with Gasteiger partial charge in [0, 0.05) is 17.8 Å². The Kier molecular flexibility index (Phi) is 4.53. The Bertz CT molecular complexity index is 865. The summed E-state index contributed by atoms with van der Waals surface area (Å²) in [5.41, 5.74) is 1.17. The Hall–Kier alpha value is -2.94.